The van der Waals surface area contributed by atoms with Crippen molar-refractivity contribution >= 4 is 39.1 Å². The number of hydrogen-bond donors (Lipinski definition) is 1. The Morgan fingerprint density at radius 1 is 1.03 bits per heavy atom. The van der Waals surface area contributed by atoms with Gasteiger partial charge in [-0.3, -0.25) is 14.4 Å². The van der Waals surface area contributed by atoms with E-state index >= 15 is 0 Å². The van der Waals surface area contributed by atoms with Crippen LogP contribution < -0.4 is 14.4 Å². The molecule has 0 saturated carbocycles. The van der Waals surface area contributed by atoms with Crippen LogP contribution in [0.15, 0.2) is 77.7 Å². The van der Waals surface area contributed by atoms with Crippen molar-refractivity contribution in [2.45, 2.75) is 17.2 Å². The summed E-state index contributed by atoms with van der Waals surface area (Å²) in [5, 5.41) is -0.261. The van der Waals surface area contributed by atoms with E-state index < -0.39 is 10.0 Å². The monoisotopic (exact) mass is 454 g/mol. The van der Waals surface area contributed by atoms with Crippen LogP contribution in [0.3, 0.4) is 0 Å². The van der Waals surface area contributed by atoms with Crippen LogP contribution in [0.2, 0.25) is 0 Å². The maximum Gasteiger partial charge on any atom is 0.261 e. The van der Waals surface area contributed by atoms with Gasteiger partial charge in [0.05, 0.1) is 17.8 Å². The van der Waals surface area contributed by atoms with E-state index in [-0.39, 0.29) is 16.2 Å². The van der Waals surface area contributed by atoms with E-state index in [0.717, 1.165) is 16.8 Å². The molecule has 8 heteroatoms. The fourth-order valence-electron chi connectivity index (χ4n) is 3.40. The lowest BCUT2D eigenvalue weighted by Gasteiger charge is -2.25. The quantitative estimate of drug-likeness (QED) is 0.590. The standard InChI is InChI=1S/C23H22N2O4S2/c1-16-9-11-21(12-10-16)31(27,28)24-18-6-3-5-17(13-18)23-25(22(26)15-30-23)19-7-4-8-20(14-19)29-2/h3-14,23-24H,15H2,1-2H3. The summed E-state index contributed by atoms with van der Waals surface area (Å²) in [6.07, 6.45) is 0. The smallest absolute Gasteiger partial charge is 0.261 e. The molecule has 0 aromatic heterocycles. The van der Waals surface area contributed by atoms with Crippen molar-refractivity contribution in [3.8, 4) is 5.75 Å². The second kappa shape index (κ2) is 8.64. The van der Waals surface area contributed by atoms with Crippen LogP contribution in [0.5, 0.6) is 5.75 Å². The molecule has 1 amide bonds. The van der Waals surface area contributed by atoms with Crippen LogP contribution in [0.4, 0.5) is 11.4 Å². The first-order valence-electron chi connectivity index (χ1n) is 9.64. The molecule has 6 nitrogen and oxygen atoms in total. The van der Waals surface area contributed by atoms with Gasteiger partial charge in [0.15, 0.2) is 0 Å². The van der Waals surface area contributed by atoms with Crippen molar-refractivity contribution in [1.82, 2.24) is 0 Å². The minimum absolute atomic E-state index is 0.00566. The number of nitrogens with one attached hydrogen (secondary N) is 1. The summed E-state index contributed by atoms with van der Waals surface area (Å²) in [5.74, 6) is 1.01. The van der Waals surface area contributed by atoms with Gasteiger partial charge in [0.25, 0.3) is 10.0 Å². The van der Waals surface area contributed by atoms with E-state index in [1.807, 2.05) is 37.3 Å². The van der Waals surface area contributed by atoms with E-state index in [9.17, 15) is 13.2 Å². The maximum absolute atomic E-state index is 12.8. The molecule has 1 aliphatic rings. The number of hydrogen-bond acceptors (Lipinski definition) is 5. The number of sulfonamides is 1. The van der Waals surface area contributed by atoms with Crippen LogP contribution in [-0.4, -0.2) is 27.2 Å². The van der Waals surface area contributed by atoms with Crippen molar-refractivity contribution in [1.29, 1.82) is 0 Å². The molecule has 0 aliphatic carbocycles. The minimum atomic E-state index is -3.71. The van der Waals surface area contributed by atoms with Crippen LogP contribution in [0, 0.1) is 6.92 Å². The summed E-state index contributed by atoms with van der Waals surface area (Å²) in [5.41, 5.74) is 3.01. The van der Waals surface area contributed by atoms with Gasteiger partial charge >= 0.3 is 0 Å². The summed E-state index contributed by atoms with van der Waals surface area (Å²) in [7, 11) is -2.13. The van der Waals surface area contributed by atoms with Gasteiger partial charge in [0.1, 0.15) is 11.1 Å². The molecule has 1 unspecified atom stereocenters. The van der Waals surface area contributed by atoms with Gasteiger partial charge in [0, 0.05) is 17.4 Å². The zero-order valence-corrected chi connectivity index (χ0v) is 18.7. The first-order chi connectivity index (χ1) is 14.9. The summed E-state index contributed by atoms with van der Waals surface area (Å²) in [6, 6.07) is 21.2. The van der Waals surface area contributed by atoms with Crippen molar-refractivity contribution < 1.29 is 17.9 Å². The Hall–Kier alpha value is -2.97. The highest BCUT2D eigenvalue weighted by Gasteiger charge is 2.34. The Kier molecular flexibility index (Phi) is 5.93. The lowest BCUT2D eigenvalue weighted by Crippen LogP contribution is -2.27. The van der Waals surface area contributed by atoms with Gasteiger partial charge in [-0.25, -0.2) is 8.42 Å². The largest absolute Gasteiger partial charge is 0.497 e. The fourth-order valence-corrected chi connectivity index (χ4v) is 5.61. The van der Waals surface area contributed by atoms with Gasteiger partial charge < -0.3 is 4.74 Å². The number of carbonyl (C=O) groups is 1. The molecule has 3 aromatic rings. The molecule has 0 bridgehead atoms. The highest BCUT2D eigenvalue weighted by atomic mass is 32.2. The molecular formula is C23H22N2O4S2. The highest BCUT2D eigenvalue weighted by molar-refractivity contribution is 8.00. The number of anilines is 2. The summed E-state index contributed by atoms with van der Waals surface area (Å²) in [6.45, 7) is 1.90. The van der Waals surface area contributed by atoms with Gasteiger partial charge in [0.2, 0.25) is 5.91 Å². The number of carbonyl (C=O) groups excluding carboxylic acids is 1. The molecule has 160 valence electrons. The van der Waals surface area contributed by atoms with E-state index in [2.05, 4.69) is 4.72 Å². The van der Waals surface area contributed by atoms with Crippen molar-refractivity contribution in [2.24, 2.45) is 0 Å². The lowest BCUT2D eigenvalue weighted by molar-refractivity contribution is -0.115. The molecule has 3 aromatic carbocycles. The third-order valence-corrected chi connectivity index (χ3v) is 7.56. The Balaban J connectivity index is 1.62. The highest BCUT2D eigenvalue weighted by Crippen LogP contribution is 2.43. The average molecular weight is 455 g/mol. The molecule has 0 radical (unpaired) electrons. The molecule has 1 fully saturated rings. The zero-order valence-electron chi connectivity index (χ0n) is 17.1. The Bertz CT molecular complexity index is 1210. The number of ether oxygens (including phenoxy) is 1. The molecule has 4 rings (SSSR count). The van der Waals surface area contributed by atoms with Crippen molar-refractivity contribution in [3.05, 3.63) is 83.9 Å². The van der Waals surface area contributed by atoms with E-state index in [1.165, 1.54) is 11.8 Å². The number of rotatable bonds is 6. The van der Waals surface area contributed by atoms with Gasteiger partial charge in [-0.1, -0.05) is 35.9 Å². The topological polar surface area (TPSA) is 75.7 Å². The number of nitrogens with zero attached hydrogens (tertiary/aromatic N) is 1. The fraction of sp³-hybridized carbons (Fsp3) is 0.174. The number of thioether (sulfide) groups is 1. The first-order valence-corrected chi connectivity index (χ1v) is 12.2. The molecule has 1 N–H and O–H groups in total. The van der Waals surface area contributed by atoms with Crippen LogP contribution in [-0.2, 0) is 14.8 Å². The molecule has 1 aliphatic heterocycles. The maximum atomic E-state index is 12.8. The number of aryl methyl sites for hydroxylation is 1. The van der Waals surface area contributed by atoms with Crippen LogP contribution >= 0.6 is 11.8 Å². The number of methoxy groups -OCH3 is 1. The molecule has 31 heavy (non-hydrogen) atoms. The first kappa shape index (κ1) is 21.3. The van der Waals surface area contributed by atoms with Crippen LogP contribution in [0.25, 0.3) is 0 Å². The predicted molar refractivity (Wildman–Crippen MR) is 124 cm³/mol. The summed E-state index contributed by atoms with van der Waals surface area (Å²) < 4.78 is 33.5. The second-order valence-corrected chi connectivity index (χ2v) is 9.92. The molecule has 0 spiro atoms. The molecule has 1 saturated heterocycles. The normalized spacial score (nSPS) is 16.4. The SMILES string of the molecule is COc1cccc(N2C(=O)CSC2c2cccc(NS(=O)(=O)c3ccc(C)cc3)c2)c1. The second-order valence-electron chi connectivity index (χ2n) is 7.17. The third-order valence-electron chi connectivity index (χ3n) is 4.95. The van der Waals surface area contributed by atoms with Gasteiger partial charge in [-0.15, -0.1) is 11.8 Å². The number of amides is 1. The average Bonchev–Trinajstić information content (AvgIpc) is 3.15. The predicted octanol–water partition coefficient (Wildman–Crippen LogP) is 4.58. The Labute approximate surface area is 186 Å². The summed E-state index contributed by atoms with van der Waals surface area (Å²) in [4.78, 5) is 14.6. The lowest BCUT2D eigenvalue weighted by atomic mass is 10.1. The number of benzene rings is 3. The van der Waals surface area contributed by atoms with E-state index in [0.29, 0.717) is 17.2 Å². The van der Waals surface area contributed by atoms with Gasteiger partial charge in [-0.2, -0.15) is 0 Å². The Morgan fingerprint density at radius 2 is 1.77 bits per heavy atom. The van der Waals surface area contributed by atoms with Crippen molar-refractivity contribution in [3.63, 3.8) is 0 Å². The zero-order chi connectivity index (χ0) is 22.0. The van der Waals surface area contributed by atoms with Gasteiger partial charge in [-0.05, 0) is 48.9 Å². The molecule has 1 heterocycles. The van der Waals surface area contributed by atoms with E-state index in [1.54, 1.807) is 54.5 Å². The molecular weight excluding hydrogens is 432 g/mol. The van der Waals surface area contributed by atoms with E-state index in [4.69, 9.17) is 4.74 Å². The minimum Gasteiger partial charge on any atom is -0.497 e. The molecule has 1 atom stereocenters. The van der Waals surface area contributed by atoms with Crippen molar-refractivity contribution in [2.75, 3.05) is 22.5 Å². The van der Waals surface area contributed by atoms with Crippen LogP contribution in [0.1, 0.15) is 16.5 Å². The Morgan fingerprint density at radius 3 is 2.52 bits per heavy atom. The summed E-state index contributed by atoms with van der Waals surface area (Å²) >= 11 is 1.50. The third kappa shape index (κ3) is 4.55.